The molecule has 0 saturated carbocycles. The Morgan fingerprint density at radius 1 is 1.11 bits per heavy atom. The zero-order valence-corrected chi connectivity index (χ0v) is 16.2. The Morgan fingerprint density at radius 3 is 2.04 bits per heavy atom. The molecular weight excluding hydrogens is 376 g/mol. The number of thioether (sulfide) groups is 1. The maximum Gasteiger partial charge on any atom is 0.340 e. The van der Waals surface area contributed by atoms with Crippen LogP contribution in [0.1, 0.15) is 44.6 Å². The van der Waals surface area contributed by atoms with Gasteiger partial charge in [0.05, 0.1) is 36.7 Å². The molecule has 27 heavy (non-hydrogen) atoms. The van der Waals surface area contributed by atoms with Gasteiger partial charge in [-0.05, 0) is 25.3 Å². The fourth-order valence-electron chi connectivity index (χ4n) is 2.92. The number of carbonyl (C=O) groups excluding carboxylic acids is 3. The van der Waals surface area contributed by atoms with Crippen LogP contribution in [0.4, 0.5) is 0 Å². The molecule has 1 aromatic heterocycles. The molecule has 1 unspecified atom stereocenters. The first kappa shape index (κ1) is 20.4. The summed E-state index contributed by atoms with van der Waals surface area (Å²) in [5.41, 5.74) is -1.52. The molecule has 10 heteroatoms. The smallest absolute Gasteiger partial charge is 0.340 e. The molecule has 0 aliphatic carbocycles. The lowest BCUT2D eigenvalue weighted by molar-refractivity contribution is -0.148. The van der Waals surface area contributed by atoms with Crippen molar-refractivity contribution in [3.05, 3.63) is 39.6 Å². The number of esters is 3. The van der Waals surface area contributed by atoms with Crippen LogP contribution in [0.5, 0.6) is 0 Å². The number of pyridine rings is 1. The molecule has 2 heterocycles. The predicted octanol–water partition coefficient (Wildman–Crippen LogP) is 2.08. The molecule has 144 valence electrons. The molecule has 0 amide bonds. The maximum absolute atomic E-state index is 12.5. The third-order valence-electron chi connectivity index (χ3n) is 3.91. The molecular formula is C17H18N2O7S. The minimum atomic E-state index is -1.81. The number of oxime groups is 1. The first-order valence-electron chi connectivity index (χ1n) is 7.68. The Morgan fingerprint density at radius 2 is 1.63 bits per heavy atom. The number of methoxy groups -OCH3 is 2. The van der Waals surface area contributed by atoms with E-state index in [1.54, 1.807) is 13.8 Å². The van der Waals surface area contributed by atoms with Crippen molar-refractivity contribution in [2.24, 2.45) is 5.16 Å². The van der Waals surface area contributed by atoms with Gasteiger partial charge in [0.25, 0.3) is 0 Å². The summed E-state index contributed by atoms with van der Waals surface area (Å²) >= 11 is 0.971. The first-order valence-corrected chi connectivity index (χ1v) is 8.56. The lowest BCUT2D eigenvalue weighted by Gasteiger charge is -2.31. The Kier molecular flexibility index (Phi) is 5.89. The first-order chi connectivity index (χ1) is 12.7. The molecule has 1 N–H and O–H groups in total. The van der Waals surface area contributed by atoms with Crippen LogP contribution >= 0.6 is 11.8 Å². The summed E-state index contributed by atoms with van der Waals surface area (Å²) in [6.07, 6.45) is 1.42. The van der Waals surface area contributed by atoms with E-state index in [4.69, 9.17) is 14.2 Å². The molecule has 1 aliphatic rings. The number of hydrogen-bond acceptors (Lipinski definition) is 10. The van der Waals surface area contributed by atoms with Crippen LogP contribution in [0.3, 0.4) is 0 Å². The average Bonchev–Trinajstić information content (AvgIpc) is 3.02. The Balaban J connectivity index is 3.05. The largest absolute Gasteiger partial charge is 0.465 e. The third kappa shape index (κ3) is 3.39. The van der Waals surface area contributed by atoms with Crippen molar-refractivity contribution in [1.82, 2.24) is 4.98 Å². The molecule has 0 bridgehead atoms. The zero-order valence-electron chi connectivity index (χ0n) is 15.4. The lowest BCUT2D eigenvalue weighted by Crippen LogP contribution is -2.39. The van der Waals surface area contributed by atoms with Gasteiger partial charge in [0.1, 0.15) is 0 Å². The number of hydrogen-bond donors (Lipinski definition) is 1. The normalized spacial score (nSPS) is 19.8. The molecule has 1 aliphatic heterocycles. The summed E-state index contributed by atoms with van der Waals surface area (Å²) in [5.74, 6) is -2.31. The minimum absolute atomic E-state index is 0.0320. The quantitative estimate of drug-likeness (QED) is 0.354. The predicted molar refractivity (Wildman–Crippen MR) is 95.8 cm³/mol. The van der Waals surface area contributed by atoms with E-state index in [1.807, 2.05) is 0 Å². The van der Waals surface area contributed by atoms with E-state index in [-0.39, 0.29) is 33.1 Å². The highest BCUT2D eigenvalue weighted by Gasteiger charge is 2.49. The monoisotopic (exact) mass is 394 g/mol. The van der Waals surface area contributed by atoms with Gasteiger partial charge in [0, 0.05) is 12.5 Å². The minimum Gasteiger partial charge on any atom is -0.465 e. The van der Waals surface area contributed by atoms with E-state index in [9.17, 15) is 19.6 Å². The Labute approximate surface area is 159 Å². The second-order valence-electron chi connectivity index (χ2n) is 5.55. The average molecular weight is 394 g/mol. The molecule has 0 spiro atoms. The fraction of sp³-hybridized carbons (Fsp3) is 0.353. The number of aromatic nitrogens is 1. The second-order valence-corrected chi connectivity index (χ2v) is 6.44. The van der Waals surface area contributed by atoms with Crippen molar-refractivity contribution < 1.29 is 33.8 Å². The van der Waals surface area contributed by atoms with Gasteiger partial charge < -0.3 is 19.4 Å². The van der Waals surface area contributed by atoms with Gasteiger partial charge in [-0.1, -0.05) is 16.9 Å². The zero-order chi connectivity index (χ0) is 20.4. The van der Waals surface area contributed by atoms with Gasteiger partial charge in [-0.2, -0.15) is 0 Å². The summed E-state index contributed by atoms with van der Waals surface area (Å²) in [6.45, 7) is 4.25. The summed E-state index contributed by atoms with van der Waals surface area (Å²) in [4.78, 5) is 41.1. The van der Waals surface area contributed by atoms with E-state index in [0.29, 0.717) is 0 Å². The highest BCUT2D eigenvalue weighted by Crippen LogP contribution is 2.44. The summed E-state index contributed by atoms with van der Waals surface area (Å²) in [7, 11) is 2.34. The molecule has 0 saturated heterocycles. The number of rotatable bonds is 4. The molecule has 0 radical (unpaired) electrons. The highest BCUT2D eigenvalue weighted by molar-refractivity contribution is 8.17. The summed E-state index contributed by atoms with van der Waals surface area (Å²) in [5, 5.41) is 14.1. The number of carbonyl (C=O) groups is 3. The number of aryl methyl sites for hydroxylation is 2. The van der Waals surface area contributed by atoms with Gasteiger partial charge in [-0.25, -0.2) is 9.59 Å². The summed E-state index contributed by atoms with van der Waals surface area (Å²) in [6, 6.07) is 0. The van der Waals surface area contributed by atoms with Crippen LogP contribution in [0.15, 0.2) is 16.6 Å². The van der Waals surface area contributed by atoms with Crippen molar-refractivity contribution in [2.45, 2.75) is 26.4 Å². The van der Waals surface area contributed by atoms with Crippen molar-refractivity contribution in [3.63, 3.8) is 0 Å². The van der Waals surface area contributed by atoms with Gasteiger partial charge in [-0.3, -0.25) is 9.78 Å². The van der Waals surface area contributed by atoms with Crippen LogP contribution in [0.25, 0.3) is 0 Å². The highest BCUT2D eigenvalue weighted by atomic mass is 32.2. The van der Waals surface area contributed by atoms with E-state index in [0.717, 1.165) is 18.7 Å². The van der Waals surface area contributed by atoms with Gasteiger partial charge in [-0.15, -0.1) is 0 Å². The van der Waals surface area contributed by atoms with Crippen LogP contribution in [0.2, 0.25) is 0 Å². The Bertz CT molecular complexity index is 838. The van der Waals surface area contributed by atoms with Crippen LogP contribution in [0, 0.1) is 13.8 Å². The number of nitrogens with zero attached hydrogens (tertiary/aromatic N) is 2. The van der Waals surface area contributed by atoms with Gasteiger partial charge >= 0.3 is 17.9 Å². The SMILES string of the molecule is COC(=O)c1c(C)nc(C)c(C(=O)OC)c1C1(OC(C)=O)C=CS/C1=N/O. The van der Waals surface area contributed by atoms with Crippen LogP contribution in [-0.4, -0.2) is 47.4 Å². The molecule has 0 fully saturated rings. The molecule has 0 aromatic carbocycles. The molecule has 1 atom stereocenters. The van der Waals surface area contributed by atoms with Gasteiger partial charge in [0.15, 0.2) is 5.04 Å². The van der Waals surface area contributed by atoms with Crippen LogP contribution in [-0.2, 0) is 24.6 Å². The second kappa shape index (κ2) is 7.78. The molecule has 2 rings (SSSR count). The standard InChI is InChI=1S/C17H18N2O7S/c1-8-11(14(21)24-4)13(12(9(2)18-8)15(22)25-5)17(26-10(3)20)6-7-27-16(17)19-23/h6-7,23H,1-5H3/b19-16+. The van der Waals surface area contributed by atoms with E-state index >= 15 is 0 Å². The summed E-state index contributed by atoms with van der Waals surface area (Å²) < 4.78 is 15.2. The molecule has 1 aromatic rings. The third-order valence-corrected chi connectivity index (χ3v) is 4.79. The number of ether oxygens (including phenoxy) is 3. The van der Waals surface area contributed by atoms with Crippen molar-refractivity contribution in [1.29, 1.82) is 0 Å². The van der Waals surface area contributed by atoms with E-state index < -0.39 is 23.5 Å². The van der Waals surface area contributed by atoms with Gasteiger partial charge in [0.2, 0.25) is 5.60 Å². The molecule has 9 nitrogen and oxygen atoms in total. The van der Waals surface area contributed by atoms with Crippen molar-refractivity contribution >= 4 is 34.7 Å². The topological polar surface area (TPSA) is 124 Å². The van der Waals surface area contributed by atoms with Crippen molar-refractivity contribution in [2.75, 3.05) is 14.2 Å². The fourth-order valence-corrected chi connectivity index (χ4v) is 3.74. The maximum atomic E-state index is 12.5. The van der Waals surface area contributed by atoms with E-state index in [1.165, 1.54) is 25.7 Å². The Hall–Kier alpha value is -2.88. The van der Waals surface area contributed by atoms with Crippen LogP contribution < -0.4 is 0 Å². The lowest BCUT2D eigenvalue weighted by atomic mass is 9.84. The van der Waals surface area contributed by atoms with Crippen molar-refractivity contribution in [3.8, 4) is 0 Å². The van der Waals surface area contributed by atoms with E-state index in [2.05, 4.69) is 10.1 Å².